The fraction of sp³-hybridized carbons (Fsp3) is 0.182. The predicted octanol–water partition coefficient (Wildman–Crippen LogP) is 3.99. The van der Waals surface area contributed by atoms with Crippen LogP contribution in [0.15, 0.2) is 17.5 Å². The zero-order valence-electron chi connectivity index (χ0n) is 7.67. The second kappa shape index (κ2) is 3.61. The van der Waals surface area contributed by atoms with Crippen molar-refractivity contribution in [2.24, 2.45) is 0 Å². The van der Waals surface area contributed by atoms with Gasteiger partial charge in [-0.1, -0.05) is 18.5 Å². The first-order valence-electron chi connectivity index (χ1n) is 4.36. The van der Waals surface area contributed by atoms with Crippen molar-refractivity contribution in [1.29, 1.82) is 5.26 Å². The van der Waals surface area contributed by atoms with Crippen LogP contribution in [0, 0.1) is 11.3 Å². The highest BCUT2D eigenvalue weighted by molar-refractivity contribution is 7.17. The molecule has 0 unspecified atom stereocenters. The van der Waals surface area contributed by atoms with Gasteiger partial charge in [0, 0.05) is 4.70 Å². The molecule has 2 rings (SSSR count). The van der Waals surface area contributed by atoms with Crippen molar-refractivity contribution in [3.05, 3.63) is 33.7 Å². The molecule has 0 fully saturated rings. The molecule has 1 aromatic heterocycles. The maximum Gasteiger partial charge on any atom is 0.101 e. The lowest BCUT2D eigenvalue weighted by atomic mass is 10.1. The summed E-state index contributed by atoms with van der Waals surface area (Å²) >= 11 is 7.62. The van der Waals surface area contributed by atoms with Gasteiger partial charge in [0.2, 0.25) is 0 Å². The number of aryl methyl sites for hydroxylation is 1. The monoisotopic (exact) mass is 221 g/mol. The number of halogens is 1. The average molecular weight is 222 g/mol. The molecule has 0 saturated carbocycles. The summed E-state index contributed by atoms with van der Waals surface area (Å²) in [4.78, 5) is 0. The molecule has 1 aromatic carbocycles. The fourth-order valence-electron chi connectivity index (χ4n) is 1.46. The highest BCUT2D eigenvalue weighted by Crippen LogP contribution is 2.31. The smallest absolute Gasteiger partial charge is 0.101 e. The number of hydrogen-bond donors (Lipinski definition) is 0. The molecule has 14 heavy (non-hydrogen) atoms. The topological polar surface area (TPSA) is 23.8 Å². The minimum atomic E-state index is 0.546. The molecule has 0 atom stereocenters. The van der Waals surface area contributed by atoms with E-state index in [2.05, 4.69) is 18.4 Å². The minimum Gasteiger partial charge on any atom is -0.192 e. The van der Waals surface area contributed by atoms with Crippen LogP contribution in [0.5, 0.6) is 0 Å². The molecule has 0 radical (unpaired) electrons. The molecule has 0 N–H and O–H groups in total. The van der Waals surface area contributed by atoms with Crippen LogP contribution < -0.4 is 0 Å². The predicted molar refractivity (Wildman–Crippen MR) is 60.9 cm³/mol. The summed E-state index contributed by atoms with van der Waals surface area (Å²) in [6, 6.07) is 5.86. The average Bonchev–Trinajstić information content (AvgIpc) is 2.58. The Kier molecular flexibility index (Phi) is 2.45. The summed E-state index contributed by atoms with van der Waals surface area (Å²) in [5.74, 6) is 0. The first-order chi connectivity index (χ1) is 6.76. The van der Waals surface area contributed by atoms with E-state index in [-0.39, 0.29) is 0 Å². The van der Waals surface area contributed by atoms with Crippen molar-refractivity contribution in [2.45, 2.75) is 13.3 Å². The summed E-state index contributed by atoms with van der Waals surface area (Å²) < 4.78 is 1.16. The lowest BCUT2D eigenvalue weighted by Crippen LogP contribution is -1.79. The Labute approximate surface area is 91.5 Å². The number of hydrogen-bond acceptors (Lipinski definition) is 2. The van der Waals surface area contributed by atoms with Crippen LogP contribution in [0.4, 0.5) is 0 Å². The number of rotatable bonds is 1. The molecule has 0 aliphatic carbocycles. The molecule has 3 heteroatoms. The molecule has 0 bridgehead atoms. The first-order valence-corrected chi connectivity index (χ1v) is 5.61. The van der Waals surface area contributed by atoms with Gasteiger partial charge in [-0.2, -0.15) is 5.26 Å². The second-order valence-corrected chi connectivity index (χ2v) is 4.37. The van der Waals surface area contributed by atoms with Crippen molar-refractivity contribution in [1.82, 2.24) is 0 Å². The SMILES string of the molecule is CCc1csc2cc(Cl)c(C#N)cc12. The van der Waals surface area contributed by atoms with E-state index in [4.69, 9.17) is 16.9 Å². The van der Waals surface area contributed by atoms with Crippen LogP contribution in [0.2, 0.25) is 5.02 Å². The highest BCUT2D eigenvalue weighted by atomic mass is 35.5. The van der Waals surface area contributed by atoms with Gasteiger partial charge in [-0.15, -0.1) is 11.3 Å². The highest BCUT2D eigenvalue weighted by Gasteiger charge is 2.06. The lowest BCUT2D eigenvalue weighted by Gasteiger charge is -1.97. The van der Waals surface area contributed by atoms with E-state index in [0.717, 1.165) is 11.1 Å². The van der Waals surface area contributed by atoms with E-state index in [0.29, 0.717) is 10.6 Å². The Morgan fingerprint density at radius 2 is 2.29 bits per heavy atom. The third-order valence-electron chi connectivity index (χ3n) is 2.24. The molecular formula is C11H8ClNS. The van der Waals surface area contributed by atoms with Crippen molar-refractivity contribution < 1.29 is 0 Å². The van der Waals surface area contributed by atoms with Crippen LogP contribution in [0.3, 0.4) is 0 Å². The lowest BCUT2D eigenvalue weighted by molar-refractivity contribution is 1.17. The molecule has 0 amide bonds. The third-order valence-corrected chi connectivity index (χ3v) is 3.55. The summed E-state index contributed by atoms with van der Waals surface area (Å²) in [6.07, 6.45) is 0.993. The van der Waals surface area contributed by atoms with Crippen molar-refractivity contribution in [3.63, 3.8) is 0 Å². The van der Waals surface area contributed by atoms with Gasteiger partial charge in [0.25, 0.3) is 0 Å². The van der Waals surface area contributed by atoms with Crippen LogP contribution in [-0.4, -0.2) is 0 Å². The molecule has 0 saturated heterocycles. The third kappa shape index (κ3) is 1.39. The summed E-state index contributed by atoms with van der Waals surface area (Å²) in [6.45, 7) is 2.11. The normalized spacial score (nSPS) is 10.4. The maximum atomic E-state index is 8.85. The molecule has 2 aromatic rings. The van der Waals surface area contributed by atoms with Gasteiger partial charge in [0.05, 0.1) is 10.6 Å². The zero-order chi connectivity index (χ0) is 10.1. The van der Waals surface area contributed by atoms with E-state index in [1.54, 1.807) is 11.3 Å². The second-order valence-electron chi connectivity index (χ2n) is 3.05. The van der Waals surface area contributed by atoms with E-state index in [1.807, 2.05) is 12.1 Å². The van der Waals surface area contributed by atoms with Gasteiger partial charge >= 0.3 is 0 Å². The quantitative estimate of drug-likeness (QED) is 0.715. The van der Waals surface area contributed by atoms with Crippen molar-refractivity contribution in [2.75, 3.05) is 0 Å². The van der Waals surface area contributed by atoms with E-state index < -0.39 is 0 Å². The van der Waals surface area contributed by atoms with Crippen LogP contribution >= 0.6 is 22.9 Å². The molecule has 0 aliphatic rings. The Morgan fingerprint density at radius 1 is 1.50 bits per heavy atom. The molecule has 0 spiro atoms. The van der Waals surface area contributed by atoms with Crippen LogP contribution in [0.25, 0.3) is 10.1 Å². The molecule has 70 valence electrons. The standard InChI is InChI=1S/C11H8ClNS/c1-2-7-6-14-11-4-10(12)8(5-13)3-9(7)11/h3-4,6H,2H2,1H3. The summed E-state index contributed by atoms with van der Waals surface area (Å²) in [5, 5.41) is 12.7. The Morgan fingerprint density at radius 3 is 2.93 bits per heavy atom. The van der Waals surface area contributed by atoms with E-state index >= 15 is 0 Å². The Balaban J connectivity index is 2.78. The Bertz CT molecular complexity index is 522. The Hall–Kier alpha value is -1.04. The number of nitrogens with zero attached hydrogens (tertiary/aromatic N) is 1. The number of nitriles is 1. The van der Waals surface area contributed by atoms with Crippen molar-refractivity contribution >= 4 is 33.0 Å². The molecular weight excluding hydrogens is 214 g/mol. The van der Waals surface area contributed by atoms with Gasteiger partial charge < -0.3 is 0 Å². The number of thiophene rings is 1. The van der Waals surface area contributed by atoms with Crippen LogP contribution in [-0.2, 0) is 6.42 Å². The zero-order valence-corrected chi connectivity index (χ0v) is 9.25. The summed E-state index contributed by atoms with van der Waals surface area (Å²) in [7, 11) is 0. The van der Waals surface area contributed by atoms with Gasteiger partial charge in [-0.05, 0) is 34.9 Å². The van der Waals surface area contributed by atoms with Gasteiger partial charge in [-0.25, -0.2) is 0 Å². The number of benzene rings is 1. The minimum absolute atomic E-state index is 0.546. The van der Waals surface area contributed by atoms with Gasteiger partial charge in [0.1, 0.15) is 6.07 Å². The van der Waals surface area contributed by atoms with Gasteiger partial charge in [-0.3, -0.25) is 0 Å². The van der Waals surface area contributed by atoms with Crippen molar-refractivity contribution in [3.8, 4) is 6.07 Å². The first kappa shape index (κ1) is 9.51. The number of fused-ring (bicyclic) bond motifs is 1. The maximum absolute atomic E-state index is 8.85. The van der Waals surface area contributed by atoms with E-state index in [9.17, 15) is 0 Å². The van der Waals surface area contributed by atoms with Gasteiger partial charge in [0.15, 0.2) is 0 Å². The fourth-order valence-corrected chi connectivity index (χ4v) is 2.80. The largest absolute Gasteiger partial charge is 0.192 e. The summed E-state index contributed by atoms with van der Waals surface area (Å²) in [5.41, 5.74) is 1.85. The molecule has 1 heterocycles. The van der Waals surface area contributed by atoms with E-state index in [1.165, 1.54) is 10.9 Å². The molecule has 0 aliphatic heterocycles. The molecule has 1 nitrogen and oxygen atoms in total. The van der Waals surface area contributed by atoms with Crippen LogP contribution in [0.1, 0.15) is 18.1 Å².